The van der Waals surface area contributed by atoms with E-state index in [0.29, 0.717) is 16.9 Å². The zero-order valence-corrected chi connectivity index (χ0v) is 17.5. The second-order valence-electron chi connectivity index (χ2n) is 6.79. The van der Waals surface area contributed by atoms with Gasteiger partial charge in [-0.05, 0) is 41.3 Å². The Bertz CT molecular complexity index is 1130. The molecule has 0 saturated carbocycles. The van der Waals surface area contributed by atoms with Crippen LogP contribution in [0.2, 0.25) is 0 Å². The maximum Gasteiger partial charge on any atom is 0.255 e. The maximum absolute atomic E-state index is 13.0. The van der Waals surface area contributed by atoms with Crippen LogP contribution < -0.4 is 9.62 Å². The van der Waals surface area contributed by atoms with E-state index < -0.39 is 10.0 Å². The molecule has 3 aromatic rings. The van der Waals surface area contributed by atoms with Gasteiger partial charge in [0.15, 0.2) is 0 Å². The minimum atomic E-state index is -3.49. The molecule has 1 amide bonds. The van der Waals surface area contributed by atoms with Gasteiger partial charge in [-0.15, -0.1) is 0 Å². The van der Waals surface area contributed by atoms with Crippen molar-refractivity contribution >= 4 is 27.3 Å². The molecular formula is C23H24N2O3S. The summed E-state index contributed by atoms with van der Waals surface area (Å²) in [5.41, 5.74) is 4.22. The van der Waals surface area contributed by atoms with Crippen LogP contribution in [0.4, 0.5) is 11.4 Å². The fourth-order valence-electron chi connectivity index (χ4n) is 3.14. The van der Waals surface area contributed by atoms with Gasteiger partial charge in [-0.2, -0.15) is 0 Å². The zero-order chi connectivity index (χ0) is 21.0. The summed E-state index contributed by atoms with van der Waals surface area (Å²) in [5.74, 6) is -0.268. The molecule has 150 valence electrons. The van der Waals surface area contributed by atoms with Gasteiger partial charge >= 0.3 is 0 Å². The van der Waals surface area contributed by atoms with Crippen molar-refractivity contribution in [2.24, 2.45) is 0 Å². The van der Waals surface area contributed by atoms with Crippen molar-refractivity contribution < 1.29 is 13.2 Å². The molecule has 0 spiro atoms. The van der Waals surface area contributed by atoms with Crippen LogP contribution in [0.3, 0.4) is 0 Å². The molecule has 0 heterocycles. The minimum absolute atomic E-state index is 0.268. The highest BCUT2D eigenvalue weighted by molar-refractivity contribution is 7.92. The summed E-state index contributed by atoms with van der Waals surface area (Å²) in [4.78, 5) is 13.0. The fraction of sp³-hybridized carbons (Fsp3) is 0.174. The van der Waals surface area contributed by atoms with Gasteiger partial charge in [0.05, 0.1) is 17.6 Å². The fourth-order valence-corrected chi connectivity index (χ4v) is 3.66. The van der Waals surface area contributed by atoms with Crippen LogP contribution in [-0.2, 0) is 16.4 Å². The van der Waals surface area contributed by atoms with Gasteiger partial charge in [0.2, 0.25) is 10.0 Å². The number of sulfonamides is 1. The Labute approximate surface area is 172 Å². The molecule has 0 aliphatic rings. The second-order valence-corrected chi connectivity index (χ2v) is 8.81. The summed E-state index contributed by atoms with van der Waals surface area (Å²) in [5, 5.41) is 2.92. The van der Waals surface area contributed by atoms with Crippen molar-refractivity contribution in [3.05, 3.63) is 83.9 Å². The van der Waals surface area contributed by atoms with Gasteiger partial charge in [-0.1, -0.05) is 61.5 Å². The third-order valence-corrected chi connectivity index (χ3v) is 6.02. The van der Waals surface area contributed by atoms with E-state index >= 15 is 0 Å². The normalized spacial score (nSPS) is 11.1. The number of carbonyl (C=O) groups excluding carboxylic acids is 1. The summed E-state index contributed by atoms with van der Waals surface area (Å²) < 4.78 is 25.4. The van der Waals surface area contributed by atoms with E-state index in [4.69, 9.17) is 0 Å². The molecule has 0 atom stereocenters. The SMILES string of the molecule is CCc1ccccc1C(=O)Nc1cc(-c2ccccc2)ccc1N(C)S(C)(=O)=O. The van der Waals surface area contributed by atoms with Crippen LogP contribution in [0.25, 0.3) is 11.1 Å². The van der Waals surface area contributed by atoms with Crippen LogP contribution in [0.5, 0.6) is 0 Å². The van der Waals surface area contributed by atoms with Crippen LogP contribution in [0.1, 0.15) is 22.8 Å². The molecule has 0 radical (unpaired) electrons. The molecule has 3 rings (SSSR count). The van der Waals surface area contributed by atoms with E-state index in [-0.39, 0.29) is 5.91 Å². The first-order valence-corrected chi connectivity index (χ1v) is 11.2. The van der Waals surface area contributed by atoms with Gasteiger partial charge in [-0.25, -0.2) is 8.42 Å². The lowest BCUT2D eigenvalue weighted by molar-refractivity contribution is 0.102. The van der Waals surface area contributed by atoms with E-state index in [0.717, 1.165) is 29.4 Å². The molecule has 3 aromatic carbocycles. The van der Waals surface area contributed by atoms with Crippen molar-refractivity contribution in [2.75, 3.05) is 22.9 Å². The molecule has 0 aliphatic heterocycles. The largest absolute Gasteiger partial charge is 0.320 e. The monoisotopic (exact) mass is 408 g/mol. The summed E-state index contributed by atoms with van der Waals surface area (Å²) in [7, 11) is -2.01. The van der Waals surface area contributed by atoms with Crippen molar-refractivity contribution in [2.45, 2.75) is 13.3 Å². The van der Waals surface area contributed by atoms with Gasteiger partial charge in [-0.3, -0.25) is 9.10 Å². The first-order chi connectivity index (χ1) is 13.8. The Morgan fingerprint density at radius 3 is 2.24 bits per heavy atom. The predicted molar refractivity (Wildman–Crippen MR) is 119 cm³/mol. The Morgan fingerprint density at radius 2 is 1.59 bits per heavy atom. The van der Waals surface area contributed by atoms with Crippen molar-refractivity contribution in [1.82, 2.24) is 0 Å². The molecule has 1 N–H and O–H groups in total. The average molecular weight is 409 g/mol. The number of hydrogen-bond donors (Lipinski definition) is 1. The summed E-state index contributed by atoms with van der Waals surface area (Å²) in [6.07, 6.45) is 1.86. The van der Waals surface area contributed by atoms with Gasteiger partial charge < -0.3 is 5.32 Å². The lowest BCUT2D eigenvalue weighted by Gasteiger charge is -2.22. The Morgan fingerprint density at radius 1 is 0.931 bits per heavy atom. The first kappa shape index (κ1) is 20.6. The molecule has 29 heavy (non-hydrogen) atoms. The van der Waals surface area contributed by atoms with Gasteiger partial charge in [0, 0.05) is 12.6 Å². The van der Waals surface area contributed by atoms with Crippen LogP contribution in [0.15, 0.2) is 72.8 Å². The summed E-state index contributed by atoms with van der Waals surface area (Å²) in [6, 6.07) is 22.5. The minimum Gasteiger partial charge on any atom is -0.320 e. The highest BCUT2D eigenvalue weighted by Gasteiger charge is 2.19. The number of nitrogens with zero attached hydrogens (tertiary/aromatic N) is 1. The van der Waals surface area contributed by atoms with Gasteiger partial charge in [0.1, 0.15) is 0 Å². The predicted octanol–water partition coefficient (Wildman–Crippen LogP) is 4.56. The van der Waals surface area contributed by atoms with Crippen molar-refractivity contribution in [1.29, 1.82) is 0 Å². The maximum atomic E-state index is 13.0. The molecule has 5 nitrogen and oxygen atoms in total. The van der Waals surface area contributed by atoms with Crippen molar-refractivity contribution in [3.8, 4) is 11.1 Å². The van der Waals surface area contributed by atoms with E-state index in [1.165, 1.54) is 11.4 Å². The topological polar surface area (TPSA) is 66.5 Å². The zero-order valence-electron chi connectivity index (χ0n) is 16.7. The highest BCUT2D eigenvalue weighted by Crippen LogP contribution is 2.32. The van der Waals surface area contributed by atoms with E-state index in [1.54, 1.807) is 18.2 Å². The second kappa shape index (κ2) is 8.49. The number of nitrogens with one attached hydrogen (secondary N) is 1. The standard InChI is InChI=1S/C23H24N2O3S/c1-4-17-10-8-9-13-20(17)23(26)24-21-16-19(18-11-6-5-7-12-18)14-15-22(21)25(2)29(3,27)28/h5-16H,4H2,1-3H3,(H,24,26). The molecule has 0 bridgehead atoms. The third-order valence-electron chi connectivity index (χ3n) is 4.83. The number of rotatable bonds is 6. The van der Waals surface area contributed by atoms with E-state index in [2.05, 4.69) is 5.32 Å². The number of anilines is 2. The molecule has 0 aromatic heterocycles. The van der Waals surface area contributed by atoms with Crippen LogP contribution >= 0.6 is 0 Å². The summed E-state index contributed by atoms with van der Waals surface area (Å²) in [6.45, 7) is 1.99. The number of carbonyl (C=O) groups is 1. The lowest BCUT2D eigenvalue weighted by Crippen LogP contribution is -2.26. The molecule has 6 heteroatoms. The number of benzene rings is 3. The smallest absolute Gasteiger partial charge is 0.255 e. The summed E-state index contributed by atoms with van der Waals surface area (Å²) >= 11 is 0. The molecule has 0 unspecified atom stereocenters. The average Bonchev–Trinajstić information content (AvgIpc) is 2.73. The number of amides is 1. The number of aryl methyl sites for hydroxylation is 1. The third kappa shape index (κ3) is 4.66. The van der Waals surface area contributed by atoms with E-state index in [1.807, 2.05) is 61.5 Å². The van der Waals surface area contributed by atoms with Crippen molar-refractivity contribution in [3.63, 3.8) is 0 Å². The quantitative estimate of drug-likeness (QED) is 0.650. The molecule has 0 fully saturated rings. The molecular weight excluding hydrogens is 384 g/mol. The Kier molecular flexibility index (Phi) is 6.03. The van der Waals surface area contributed by atoms with E-state index in [9.17, 15) is 13.2 Å². The lowest BCUT2D eigenvalue weighted by atomic mass is 10.0. The Hall–Kier alpha value is -3.12. The Balaban J connectivity index is 2.07. The van der Waals surface area contributed by atoms with Gasteiger partial charge in [0.25, 0.3) is 5.91 Å². The highest BCUT2D eigenvalue weighted by atomic mass is 32.2. The number of hydrogen-bond acceptors (Lipinski definition) is 3. The first-order valence-electron chi connectivity index (χ1n) is 9.34. The van der Waals surface area contributed by atoms with Crippen LogP contribution in [0, 0.1) is 0 Å². The molecule has 0 saturated heterocycles. The molecule has 0 aliphatic carbocycles. The van der Waals surface area contributed by atoms with Crippen LogP contribution in [-0.4, -0.2) is 27.6 Å².